The highest BCUT2D eigenvalue weighted by Gasteiger charge is 2.33. The van der Waals surface area contributed by atoms with Gasteiger partial charge in [-0.3, -0.25) is 0 Å². The zero-order chi connectivity index (χ0) is 15.0. The van der Waals surface area contributed by atoms with Crippen LogP contribution in [0.3, 0.4) is 0 Å². The van der Waals surface area contributed by atoms with Crippen molar-refractivity contribution in [2.75, 3.05) is 0 Å². The van der Waals surface area contributed by atoms with Crippen LogP contribution in [-0.2, 0) is 12.6 Å². The van der Waals surface area contributed by atoms with Gasteiger partial charge in [-0.25, -0.2) is 4.98 Å². The van der Waals surface area contributed by atoms with Gasteiger partial charge in [0.15, 0.2) is 0 Å². The monoisotopic (exact) mass is 290 g/mol. The summed E-state index contributed by atoms with van der Waals surface area (Å²) in [5, 5.41) is 0. The molecule has 3 rings (SSSR count). The zero-order valence-electron chi connectivity index (χ0n) is 11.4. The molecule has 2 aromatic heterocycles. The fourth-order valence-corrected chi connectivity index (χ4v) is 2.40. The molecule has 1 aromatic carbocycles. The summed E-state index contributed by atoms with van der Waals surface area (Å²) in [6.45, 7) is 1.94. The van der Waals surface area contributed by atoms with Gasteiger partial charge in [-0.1, -0.05) is 24.3 Å². The zero-order valence-corrected chi connectivity index (χ0v) is 11.4. The number of aryl methyl sites for hydroxylation is 1. The van der Waals surface area contributed by atoms with Crippen molar-refractivity contribution in [2.24, 2.45) is 0 Å². The van der Waals surface area contributed by atoms with Crippen LogP contribution in [0.5, 0.6) is 0 Å². The molecule has 3 aromatic rings. The van der Waals surface area contributed by atoms with E-state index < -0.39 is 11.7 Å². The number of halogens is 3. The highest BCUT2D eigenvalue weighted by atomic mass is 19.4. The minimum absolute atomic E-state index is 0.146. The van der Waals surface area contributed by atoms with Crippen LogP contribution in [0.15, 0.2) is 48.8 Å². The summed E-state index contributed by atoms with van der Waals surface area (Å²) in [5.74, 6) is 0.602. The maximum Gasteiger partial charge on any atom is 0.416 e. The second-order valence-corrected chi connectivity index (χ2v) is 5.01. The van der Waals surface area contributed by atoms with Crippen LogP contribution in [0.4, 0.5) is 13.2 Å². The summed E-state index contributed by atoms with van der Waals surface area (Å²) in [5.41, 5.74) is 1.54. The average Bonchev–Trinajstić information content (AvgIpc) is 2.81. The molecule has 0 unspecified atom stereocenters. The number of hydrogen-bond donors (Lipinski definition) is 0. The first-order valence-electron chi connectivity index (χ1n) is 6.53. The molecule has 0 fully saturated rings. The number of pyridine rings is 1. The van der Waals surface area contributed by atoms with Gasteiger partial charge < -0.3 is 4.40 Å². The second-order valence-electron chi connectivity index (χ2n) is 5.01. The number of aromatic nitrogens is 2. The van der Waals surface area contributed by atoms with E-state index in [9.17, 15) is 13.2 Å². The third kappa shape index (κ3) is 2.63. The van der Waals surface area contributed by atoms with Crippen molar-refractivity contribution in [1.29, 1.82) is 0 Å². The molecule has 0 aliphatic rings. The van der Waals surface area contributed by atoms with E-state index in [1.54, 1.807) is 12.3 Å². The molecule has 0 amide bonds. The summed E-state index contributed by atoms with van der Waals surface area (Å²) < 4.78 is 40.9. The molecule has 0 saturated carbocycles. The van der Waals surface area contributed by atoms with Crippen molar-refractivity contribution in [2.45, 2.75) is 19.5 Å². The Hall–Kier alpha value is -2.30. The molecule has 2 heterocycles. The first-order chi connectivity index (χ1) is 9.95. The van der Waals surface area contributed by atoms with Crippen molar-refractivity contribution in [3.8, 4) is 0 Å². The third-order valence-electron chi connectivity index (χ3n) is 3.42. The smallest absolute Gasteiger partial charge is 0.303 e. The minimum Gasteiger partial charge on any atom is -0.303 e. The summed E-state index contributed by atoms with van der Waals surface area (Å²) in [6.07, 6.45) is -0.647. The molecule has 0 bridgehead atoms. The summed E-state index contributed by atoms with van der Waals surface area (Å²) in [7, 11) is 0. The lowest BCUT2D eigenvalue weighted by atomic mass is 10.0. The number of nitrogens with zero attached hydrogens (tertiary/aromatic N) is 2. The quantitative estimate of drug-likeness (QED) is 0.689. The van der Waals surface area contributed by atoms with Gasteiger partial charge >= 0.3 is 6.18 Å². The lowest BCUT2D eigenvalue weighted by Gasteiger charge is -2.12. The van der Waals surface area contributed by atoms with Crippen LogP contribution in [0.2, 0.25) is 0 Å². The van der Waals surface area contributed by atoms with E-state index in [0.717, 1.165) is 17.1 Å². The third-order valence-corrected chi connectivity index (χ3v) is 3.42. The largest absolute Gasteiger partial charge is 0.416 e. The minimum atomic E-state index is -4.35. The summed E-state index contributed by atoms with van der Waals surface area (Å²) >= 11 is 0. The van der Waals surface area contributed by atoms with Crippen molar-refractivity contribution in [3.05, 3.63) is 71.3 Å². The van der Waals surface area contributed by atoms with E-state index in [4.69, 9.17) is 0 Å². The Morgan fingerprint density at radius 3 is 2.62 bits per heavy atom. The number of imidazole rings is 1. The molecule has 2 nitrogen and oxygen atoms in total. The van der Waals surface area contributed by atoms with Gasteiger partial charge in [-0.05, 0) is 30.2 Å². The van der Waals surface area contributed by atoms with Crippen LogP contribution in [0, 0.1) is 6.92 Å². The number of fused-ring (bicyclic) bond motifs is 1. The number of benzene rings is 1. The van der Waals surface area contributed by atoms with Crippen LogP contribution in [0.25, 0.3) is 5.52 Å². The summed E-state index contributed by atoms with van der Waals surface area (Å²) in [6, 6.07) is 9.48. The van der Waals surface area contributed by atoms with Gasteiger partial charge in [0, 0.05) is 12.6 Å². The van der Waals surface area contributed by atoms with E-state index in [1.807, 2.05) is 29.7 Å². The molecule has 108 valence electrons. The average molecular weight is 290 g/mol. The second kappa shape index (κ2) is 4.91. The Morgan fingerprint density at radius 1 is 1.10 bits per heavy atom. The Balaban J connectivity index is 2.05. The molecule has 0 aliphatic heterocycles. The Morgan fingerprint density at radius 2 is 1.86 bits per heavy atom. The molecular formula is C16H13F3N2. The lowest BCUT2D eigenvalue weighted by molar-refractivity contribution is -0.138. The standard InChI is InChI=1S/C16H13F3N2/c1-11-6-7-13-9-20-15(21(13)10-11)8-12-4-2-3-5-14(12)16(17,18)19/h2-7,9-10H,8H2,1H3. The van der Waals surface area contributed by atoms with Gasteiger partial charge in [-0.15, -0.1) is 0 Å². The molecule has 0 atom stereocenters. The maximum absolute atomic E-state index is 13.0. The number of hydrogen-bond acceptors (Lipinski definition) is 1. The first kappa shape index (κ1) is 13.7. The number of alkyl halides is 3. The van der Waals surface area contributed by atoms with Gasteiger partial charge in [0.1, 0.15) is 5.82 Å². The van der Waals surface area contributed by atoms with Crippen molar-refractivity contribution < 1.29 is 13.2 Å². The number of rotatable bonds is 2. The molecule has 0 spiro atoms. The maximum atomic E-state index is 13.0. The van der Waals surface area contributed by atoms with Gasteiger partial charge in [0.2, 0.25) is 0 Å². The molecular weight excluding hydrogens is 277 g/mol. The fraction of sp³-hybridized carbons (Fsp3) is 0.188. The highest BCUT2D eigenvalue weighted by Crippen LogP contribution is 2.32. The fourth-order valence-electron chi connectivity index (χ4n) is 2.40. The lowest BCUT2D eigenvalue weighted by Crippen LogP contribution is -2.10. The Labute approximate surface area is 119 Å². The molecule has 21 heavy (non-hydrogen) atoms. The SMILES string of the molecule is Cc1ccc2cnc(Cc3ccccc3C(F)(F)F)n2c1. The van der Waals surface area contributed by atoms with E-state index in [-0.39, 0.29) is 12.0 Å². The van der Waals surface area contributed by atoms with Crippen LogP contribution >= 0.6 is 0 Å². The van der Waals surface area contributed by atoms with Gasteiger partial charge in [0.25, 0.3) is 0 Å². The van der Waals surface area contributed by atoms with Gasteiger partial charge in [-0.2, -0.15) is 13.2 Å². The van der Waals surface area contributed by atoms with Crippen LogP contribution in [0.1, 0.15) is 22.5 Å². The van der Waals surface area contributed by atoms with E-state index in [1.165, 1.54) is 12.1 Å². The van der Waals surface area contributed by atoms with Crippen LogP contribution in [-0.4, -0.2) is 9.38 Å². The van der Waals surface area contributed by atoms with Crippen LogP contribution < -0.4 is 0 Å². The Bertz CT molecular complexity index is 788. The Kier molecular flexibility index (Phi) is 3.20. The van der Waals surface area contributed by atoms with E-state index in [2.05, 4.69) is 4.98 Å². The predicted molar refractivity (Wildman–Crippen MR) is 74.2 cm³/mol. The molecule has 0 N–H and O–H groups in total. The first-order valence-corrected chi connectivity index (χ1v) is 6.53. The van der Waals surface area contributed by atoms with E-state index >= 15 is 0 Å². The molecule has 5 heteroatoms. The predicted octanol–water partition coefficient (Wildman–Crippen LogP) is 4.25. The topological polar surface area (TPSA) is 17.3 Å². The van der Waals surface area contributed by atoms with E-state index in [0.29, 0.717) is 5.82 Å². The van der Waals surface area contributed by atoms with Crippen molar-refractivity contribution in [3.63, 3.8) is 0 Å². The molecule has 0 radical (unpaired) electrons. The highest BCUT2D eigenvalue weighted by molar-refractivity contribution is 5.47. The summed E-state index contributed by atoms with van der Waals surface area (Å²) in [4.78, 5) is 4.25. The van der Waals surface area contributed by atoms with Crippen molar-refractivity contribution >= 4 is 5.52 Å². The molecule has 0 saturated heterocycles. The normalized spacial score (nSPS) is 12.0. The molecule has 0 aliphatic carbocycles. The van der Waals surface area contributed by atoms with Crippen molar-refractivity contribution in [1.82, 2.24) is 9.38 Å². The van der Waals surface area contributed by atoms with Gasteiger partial charge in [0.05, 0.1) is 17.3 Å².